The quantitative estimate of drug-likeness (QED) is 0.485. The SMILES string of the molecule is CCNC(=NCC(C)(C)C(N)=O)NCC(OC)C(C)(C)C. The second-order valence-corrected chi connectivity index (χ2v) is 6.91. The van der Waals surface area contributed by atoms with E-state index in [2.05, 4.69) is 36.4 Å². The number of methoxy groups -OCH3 is 1. The van der Waals surface area contributed by atoms with Crippen LogP contribution < -0.4 is 16.4 Å². The van der Waals surface area contributed by atoms with Crippen molar-refractivity contribution in [3.63, 3.8) is 0 Å². The fraction of sp³-hybridized carbons (Fsp3) is 0.867. The van der Waals surface area contributed by atoms with Gasteiger partial charge in [-0.2, -0.15) is 0 Å². The number of ether oxygens (including phenoxy) is 1. The molecule has 1 unspecified atom stereocenters. The van der Waals surface area contributed by atoms with Gasteiger partial charge in [-0.3, -0.25) is 9.79 Å². The summed E-state index contributed by atoms with van der Waals surface area (Å²) in [5.74, 6) is 0.310. The lowest BCUT2D eigenvalue weighted by atomic mass is 9.89. The summed E-state index contributed by atoms with van der Waals surface area (Å²) < 4.78 is 5.51. The Hall–Kier alpha value is -1.30. The maximum Gasteiger partial charge on any atom is 0.224 e. The standard InChI is InChI=1S/C15H32N4O2/c1-8-17-13(19-10-15(5,6)12(16)20)18-9-11(21-7)14(2,3)4/h11H,8-10H2,1-7H3,(H2,16,20)(H2,17,18,19). The number of amides is 1. The van der Waals surface area contributed by atoms with E-state index in [1.54, 1.807) is 21.0 Å². The Morgan fingerprint density at radius 2 is 1.81 bits per heavy atom. The summed E-state index contributed by atoms with van der Waals surface area (Å²) in [6, 6.07) is 0. The van der Waals surface area contributed by atoms with Gasteiger partial charge in [0.05, 0.1) is 18.1 Å². The molecule has 0 aliphatic carbocycles. The zero-order valence-electron chi connectivity index (χ0n) is 14.5. The van der Waals surface area contributed by atoms with Gasteiger partial charge in [-0.05, 0) is 26.2 Å². The first-order valence-corrected chi connectivity index (χ1v) is 7.39. The molecule has 0 rings (SSSR count). The fourth-order valence-corrected chi connectivity index (χ4v) is 1.63. The van der Waals surface area contributed by atoms with E-state index >= 15 is 0 Å². The molecule has 0 bridgehead atoms. The highest BCUT2D eigenvalue weighted by Crippen LogP contribution is 2.21. The van der Waals surface area contributed by atoms with Gasteiger partial charge in [0, 0.05) is 20.2 Å². The maximum atomic E-state index is 11.3. The van der Waals surface area contributed by atoms with E-state index in [1.165, 1.54) is 0 Å². The van der Waals surface area contributed by atoms with Crippen LogP contribution in [-0.4, -0.2) is 44.7 Å². The van der Waals surface area contributed by atoms with Crippen LogP contribution in [0, 0.1) is 10.8 Å². The molecule has 4 N–H and O–H groups in total. The Morgan fingerprint density at radius 3 is 2.19 bits per heavy atom. The number of hydrogen-bond acceptors (Lipinski definition) is 3. The van der Waals surface area contributed by atoms with Crippen molar-refractivity contribution in [2.75, 3.05) is 26.7 Å². The largest absolute Gasteiger partial charge is 0.379 e. The molecule has 21 heavy (non-hydrogen) atoms. The number of guanidine groups is 1. The van der Waals surface area contributed by atoms with Crippen LogP contribution in [-0.2, 0) is 9.53 Å². The Balaban J connectivity index is 4.73. The van der Waals surface area contributed by atoms with Gasteiger partial charge < -0.3 is 21.1 Å². The number of carbonyl (C=O) groups is 1. The Morgan fingerprint density at radius 1 is 1.24 bits per heavy atom. The number of nitrogens with two attached hydrogens (primary N) is 1. The second kappa shape index (κ2) is 8.22. The maximum absolute atomic E-state index is 11.3. The Labute approximate surface area is 128 Å². The van der Waals surface area contributed by atoms with Gasteiger partial charge in [-0.25, -0.2) is 0 Å². The number of nitrogens with zero attached hydrogens (tertiary/aromatic N) is 1. The predicted molar refractivity (Wildman–Crippen MR) is 87.2 cm³/mol. The van der Waals surface area contributed by atoms with Crippen LogP contribution in [0.4, 0.5) is 0 Å². The number of nitrogens with one attached hydrogen (secondary N) is 2. The first-order chi connectivity index (χ1) is 9.54. The van der Waals surface area contributed by atoms with Crippen LogP contribution >= 0.6 is 0 Å². The average molecular weight is 300 g/mol. The number of rotatable bonds is 7. The third-order valence-electron chi connectivity index (χ3n) is 3.35. The van der Waals surface area contributed by atoms with Crippen LogP contribution in [0.25, 0.3) is 0 Å². The van der Waals surface area contributed by atoms with E-state index in [9.17, 15) is 4.79 Å². The summed E-state index contributed by atoms with van der Waals surface area (Å²) in [6.45, 7) is 13.7. The smallest absolute Gasteiger partial charge is 0.224 e. The van der Waals surface area contributed by atoms with E-state index < -0.39 is 5.41 Å². The number of primary amides is 1. The van der Waals surface area contributed by atoms with Crippen molar-refractivity contribution in [2.24, 2.45) is 21.6 Å². The molecule has 124 valence electrons. The normalized spacial score (nSPS) is 14.7. The van der Waals surface area contributed by atoms with E-state index in [1.807, 2.05) is 6.92 Å². The van der Waals surface area contributed by atoms with Crippen molar-refractivity contribution in [1.82, 2.24) is 10.6 Å². The van der Waals surface area contributed by atoms with Crippen LogP contribution in [0.15, 0.2) is 4.99 Å². The topological polar surface area (TPSA) is 88.7 Å². The lowest BCUT2D eigenvalue weighted by Gasteiger charge is -2.30. The summed E-state index contributed by atoms with van der Waals surface area (Å²) in [6.07, 6.45) is 0.0607. The van der Waals surface area contributed by atoms with Crippen LogP contribution in [0.3, 0.4) is 0 Å². The molecule has 0 aromatic carbocycles. The Bertz CT molecular complexity index is 359. The molecule has 1 atom stereocenters. The molecular weight excluding hydrogens is 268 g/mol. The third kappa shape index (κ3) is 7.32. The average Bonchev–Trinajstić information content (AvgIpc) is 2.34. The highest BCUT2D eigenvalue weighted by molar-refractivity contribution is 5.82. The second-order valence-electron chi connectivity index (χ2n) is 6.91. The molecule has 0 aromatic heterocycles. The molecule has 0 spiro atoms. The molecule has 0 saturated heterocycles. The van der Waals surface area contributed by atoms with E-state index in [4.69, 9.17) is 10.5 Å². The summed E-state index contributed by atoms with van der Waals surface area (Å²) in [7, 11) is 1.71. The van der Waals surface area contributed by atoms with Crippen LogP contribution in [0.5, 0.6) is 0 Å². The van der Waals surface area contributed by atoms with E-state index in [0.717, 1.165) is 6.54 Å². The van der Waals surface area contributed by atoms with E-state index in [-0.39, 0.29) is 17.4 Å². The number of aliphatic imine (C=N–C) groups is 1. The summed E-state index contributed by atoms with van der Waals surface area (Å²) in [5.41, 5.74) is 4.74. The molecule has 0 saturated carbocycles. The van der Waals surface area contributed by atoms with E-state index in [0.29, 0.717) is 19.0 Å². The summed E-state index contributed by atoms with van der Waals surface area (Å²) >= 11 is 0. The van der Waals surface area contributed by atoms with Crippen molar-refractivity contribution in [1.29, 1.82) is 0 Å². The monoisotopic (exact) mass is 300 g/mol. The molecule has 0 heterocycles. The highest BCUT2D eigenvalue weighted by Gasteiger charge is 2.26. The van der Waals surface area contributed by atoms with Crippen LogP contribution in [0.2, 0.25) is 0 Å². The minimum absolute atomic E-state index is 0.0333. The number of carbonyl (C=O) groups excluding carboxylic acids is 1. The van der Waals surface area contributed by atoms with Gasteiger partial charge in [-0.1, -0.05) is 20.8 Å². The third-order valence-corrected chi connectivity index (χ3v) is 3.35. The molecule has 6 heteroatoms. The van der Waals surface area contributed by atoms with Crippen LogP contribution in [0.1, 0.15) is 41.5 Å². The zero-order valence-corrected chi connectivity index (χ0v) is 14.5. The fourth-order valence-electron chi connectivity index (χ4n) is 1.63. The predicted octanol–water partition coefficient (Wildman–Crippen LogP) is 1.11. The molecule has 0 radical (unpaired) electrons. The molecule has 0 aliphatic heterocycles. The van der Waals surface area contributed by atoms with Crippen molar-refractivity contribution < 1.29 is 9.53 Å². The van der Waals surface area contributed by atoms with Gasteiger partial charge >= 0.3 is 0 Å². The first kappa shape index (κ1) is 19.7. The highest BCUT2D eigenvalue weighted by atomic mass is 16.5. The molecule has 6 nitrogen and oxygen atoms in total. The minimum Gasteiger partial charge on any atom is -0.379 e. The molecule has 0 fully saturated rings. The molecular formula is C15H32N4O2. The van der Waals surface area contributed by atoms with Crippen molar-refractivity contribution in [2.45, 2.75) is 47.6 Å². The van der Waals surface area contributed by atoms with Crippen molar-refractivity contribution in [3.05, 3.63) is 0 Å². The summed E-state index contributed by atoms with van der Waals surface area (Å²) in [5, 5.41) is 6.41. The lowest BCUT2D eigenvalue weighted by molar-refractivity contribution is -0.125. The summed E-state index contributed by atoms with van der Waals surface area (Å²) in [4.78, 5) is 15.8. The van der Waals surface area contributed by atoms with Crippen molar-refractivity contribution >= 4 is 11.9 Å². The van der Waals surface area contributed by atoms with Gasteiger partial charge in [0.25, 0.3) is 0 Å². The molecule has 0 aromatic rings. The van der Waals surface area contributed by atoms with Gasteiger partial charge in [0.1, 0.15) is 0 Å². The molecule has 1 amide bonds. The van der Waals surface area contributed by atoms with Gasteiger partial charge in [-0.15, -0.1) is 0 Å². The van der Waals surface area contributed by atoms with Crippen molar-refractivity contribution in [3.8, 4) is 0 Å². The minimum atomic E-state index is -0.660. The first-order valence-electron chi connectivity index (χ1n) is 7.39. The zero-order chi connectivity index (χ0) is 16.7. The Kier molecular flexibility index (Phi) is 7.71. The molecule has 0 aliphatic rings. The van der Waals surface area contributed by atoms with Gasteiger partial charge in [0.2, 0.25) is 5.91 Å². The lowest BCUT2D eigenvalue weighted by Crippen LogP contribution is -2.46. The van der Waals surface area contributed by atoms with Gasteiger partial charge in [0.15, 0.2) is 5.96 Å². The number of hydrogen-bond donors (Lipinski definition) is 3.